The quantitative estimate of drug-likeness (QED) is 0.687. The van der Waals surface area contributed by atoms with Gasteiger partial charge in [0.25, 0.3) is 0 Å². The minimum atomic E-state index is -0.370. The van der Waals surface area contributed by atoms with E-state index in [2.05, 4.69) is 16.0 Å². The second-order valence-electron chi connectivity index (χ2n) is 4.51. The number of nitro groups is 1. The van der Waals surface area contributed by atoms with Crippen molar-refractivity contribution in [3.05, 3.63) is 57.7 Å². The van der Waals surface area contributed by atoms with Gasteiger partial charge >= 0.3 is 5.69 Å². The number of hydrogen-bond donors (Lipinski definition) is 1. The van der Waals surface area contributed by atoms with Gasteiger partial charge in [0.1, 0.15) is 0 Å². The van der Waals surface area contributed by atoms with Gasteiger partial charge in [0.05, 0.1) is 24.1 Å². The summed E-state index contributed by atoms with van der Waals surface area (Å²) < 4.78 is 5.12. The number of methoxy groups -OCH3 is 1. The number of benzene rings is 1. The number of rotatable bonds is 3. The van der Waals surface area contributed by atoms with Gasteiger partial charge in [-0.25, -0.2) is 4.98 Å². The Morgan fingerprint density at radius 2 is 2.30 bits per heavy atom. The van der Waals surface area contributed by atoms with Crippen molar-refractivity contribution in [3.8, 4) is 5.75 Å². The highest BCUT2D eigenvalue weighted by molar-refractivity contribution is 5.83. The van der Waals surface area contributed by atoms with Crippen LogP contribution in [0, 0.1) is 10.1 Å². The van der Waals surface area contributed by atoms with E-state index in [0.29, 0.717) is 12.2 Å². The fourth-order valence-electron chi connectivity index (χ4n) is 2.61. The molecule has 1 aliphatic rings. The topological polar surface area (TPSA) is 81.0 Å². The molecule has 102 valence electrons. The standard InChI is InChI=1S/C14H13N3O3/c1-20-13-6-5-9-10(12-7-15-8-16-12)3-2-4-11(9)14(13)17(18)19/h3,5-8H,2,4H2,1H3,(H,15,16). The first-order valence-corrected chi connectivity index (χ1v) is 6.26. The summed E-state index contributed by atoms with van der Waals surface area (Å²) in [6, 6.07) is 3.50. The van der Waals surface area contributed by atoms with Crippen LogP contribution in [-0.4, -0.2) is 22.0 Å². The molecule has 1 aromatic heterocycles. The average Bonchev–Trinajstić information content (AvgIpc) is 2.99. The Hall–Kier alpha value is -2.63. The van der Waals surface area contributed by atoms with Crippen molar-refractivity contribution in [2.45, 2.75) is 12.8 Å². The molecule has 0 saturated carbocycles. The Balaban J connectivity index is 2.21. The lowest BCUT2D eigenvalue weighted by molar-refractivity contribution is -0.386. The Kier molecular flexibility index (Phi) is 2.98. The van der Waals surface area contributed by atoms with Gasteiger partial charge in [-0.3, -0.25) is 10.1 Å². The maximum atomic E-state index is 11.3. The van der Waals surface area contributed by atoms with Crippen molar-refractivity contribution in [2.75, 3.05) is 7.11 Å². The summed E-state index contributed by atoms with van der Waals surface area (Å²) in [5, 5.41) is 11.3. The summed E-state index contributed by atoms with van der Waals surface area (Å²) >= 11 is 0. The van der Waals surface area contributed by atoms with Crippen LogP contribution in [0.25, 0.3) is 5.57 Å². The first kappa shape index (κ1) is 12.4. The van der Waals surface area contributed by atoms with Crippen LogP contribution >= 0.6 is 0 Å². The number of ether oxygens (including phenoxy) is 1. The summed E-state index contributed by atoms with van der Waals surface area (Å²) in [5.74, 6) is 0.303. The fraction of sp³-hybridized carbons (Fsp3) is 0.214. The smallest absolute Gasteiger partial charge is 0.314 e. The van der Waals surface area contributed by atoms with Crippen LogP contribution in [0.3, 0.4) is 0 Å². The van der Waals surface area contributed by atoms with Gasteiger partial charge in [-0.05, 0) is 30.5 Å². The number of hydrogen-bond acceptors (Lipinski definition) is 4. The van der Waals surface area contributed by atoms with Gasteiger partial charge in [0.15, 0.2) is 5.75 Å². The highest BCUT2D eigenvalue weighted by atomic mass is 16.6. The van der Waals surface area contributed by atoms with Crippen molar-refractivity contribution < 1.29 is 9.66 Å². The number of imidazole rings is 1. The van der Waals surface area contributed by atoms with E-state index in [1.165, 1.54) is 7.11 Å². The fourth-order valence-corrected chi connectivity index (χ4v) is 2.61. The number of allylic oxidation sites excluding steroid dienone is 1. The van der Waals surface area contributed by atoms with E-state index in [-0.39, 0.29) is 10.6 Å². The lowest BCUT2D eigenvalue weighted by Gasteiger charge is -2.17. The normalized spacial score (nSPS) is 13.6. The van der Waals surface area contributed by atoms with Gasteiger partial charge in [0, 0.05) is 17.3 Å². The van der Waals surface area contributed by atoms with Crippen LogP contribution in [0.2, 0.25) is 0 Å². The number of nitrogens with one attached hydrogen (secondary N) is 1. The van der Waals surface area contributed by atoms with E-state index in [9.17, 15) is 10.1 Å². The number of aromatic amines is 1. The van der Waals surface area contributed by atoms with Crippen LogP contribution in [-0.2, 0) is 6.42 Å². The highest BCUT2D eigenvalue weighted by Gasteiger charge is 2.27. The van der Waals surface area contributed by atoms with Crippen molar-refractivity contribution in [1.82, 2.24) is 9.97 Å². The third-order valence-corrected chi connectivity index (χ3v) is 3.46. The number of nitrogens with zero attached hydrogens (tertiary/aromatic N) is 2. The van der Waals surface area contributed by atoms with Crippen molar-refractivity contribution in [2.24, 2.45) is 0 Å². The Morgan fingerprint density at radius 3 is 2.95 bits per heavy atom. The molecule has 0 fully saturated rings. The highest BCUT2D eigenvalue weighted by Crippen LogP contribution is 2.40. The van der Waals surface area contributed by atoms with Crippen LogP contribution in [0.4, 0.5) is 5.69 Å². The van der Waals surface area contributed by atoms with Crippen LogP contribution in [0.5, 0.6) is 5.75 Å². The summed E-state index contributed by atoms with van der Waals surface area (Å²) in [6.07, 6.45) is 6.84. The summed E-state index contributed by atoms with van der Waals surface area (Å²) in [4.78, 5) is 18.1. The number of fused-ring (bicyclic) bond motifs is 1. The Labute approximate surface area is 115 Å². The minimum absolute atomic E-state index is 0.0612. The number of nitro benzene ring substituents is 1. The number of aromatic nitrogens is 2. The molecule has 0 atom stereocenters. The SMILES string of the molecule is COc1ccc2c(c1[N+](=O)[O-])CCC=C2c1c[nH]cn1. The molecule has 0 saturated heterocycles. The van der Waals surface area contributed by atoms with Gasteiger partial charge in [-0.15, -0.1) is 0 Å². The molecule has 1 aliphatic carbocycles. The first-order valence-electron chi connectivity index (χ1n) is 6.26. The molecule has 3 rings (SSSR count). The summed E-state index contributed by atoms with van der Waals surface area (Å²) in [6.45, 7) is 0. The summed E-state index contributed by atoms with van der Waals surface area (Å²) in [7, 11) is 1.45. The zero-order valence-electron chi connectivity index (χ0n) is 10.9. The molecule has 1 N–H and O–H groups in total. The van der Waals surface area contributed by atoms with E-state index in [4.69, 9.17) is 4.74 Å². The van der Waals surface area contributed by atoms with Gasteiger partial charge in [0.2, 0.25) is 0 Å². The number of H-pyrrole nitrogens is 1. The molecule has 0 unspecified atom stereocenters. The largest absolute Gasteiger partial charge is 0.490 e. The van der Waals surface area contributed by atoms with Crippen molar-refractivity contribution in [1.29, 1.82) is 0 Å². The molecule has 0 radical (unpaired) electrons. The molecule has 1 heterocycles. The monoisotopic (exact) mass is 271 g/mol. The molecule has 2 aromatic rings. The minimum Gasteiger partial charge on any atom is -0.490 e. The lowest BCUT2D eigenvalue weighted by Crippen LogP contribution is -2.07. The predicted octanol–water partition coefficient (Wildman–Crippen LogP) is 2.70. The molecular formula is C14H13N3O3. The second kappa shape index (κ2) is 4.80. The molecule has 0 bridgehead atoms. The van der Waals surface area contributed by atoms with E-state index in [1.807, 2.05) is 6.07 Å². The van der Waals surface area contributed by atoms with Crippen LogP contribution < -0.4 is 4.74 Å². The molecule has 1 aromatic carbocycles. The molecular weight excluding hydrogens is 258 g/mol. The second-order valence-corrected chi connectivity index (χ2v) is 4.51. The summed E-state index contributed by atoms with van der Waals surface area (Å²) in [5.41, 5.74) is 3.36. The Bertz CT molecular complexity index is 690. The van der Waals surface area contributed by atoms with Crippen LogP contribution in [0.1, 0.15) is 23.2 Å². The predicted molar refractivity (Wildman–Crippen MR) is 73.6 cm³/mol. The van der Waals surface area contributed by atoms with E-state index >= 15 is 0 Å². The Morgan fingerprint density at radius 1 is 1.45 bits per heavy atom. The molecule has 0 aliphatic heterocycles. The van der Waals surface area contributed by atoms with Crippen molar-refractivity contribution in [3.63, 3.8) is 0 Å². The lowest BCUT2D eigenvalue weighted by atomic mass is 9.88. The molecule has 0 spiro atoms. The molecule has 20 heavy (non-hydrogen) atoms. The molecule has 6 nitrogen and oxygen atoms in total. The zero-order chi connectivity index (χ0) is 14.1. The third kappa shape index (κ3) is 1.85. The molecule has 6 heteroatoms. The van der Waals surface area contributed by atoms with Gasteiger partial charge in [-0.1, -0.05) is 6.08 Å². The van der Waals surface area contributed by atoms with E-state index in [0.717, 1.165) is 28.8 Å². The van der Waals surface area contributed by atoms with E-state index < -0.39 is 0 Å². The maximum absolute atomic E-state index is 11.3. The maximum Gasteiger partial charge on any atom is 0.314 e. The molecule has 0 amide bonds. The third-order valence-electron chi connectivity index (χ3n) is 3.46. The first-order chi connectivity index (χ1) is 9.72. The van der Waals surface area contributed by atoms with Crippen molar-refractivity contribution >= 4 is 11.3 Å². The van der Waals surface area contributed by atoms with Gasteiger partial charge in [-0.2, -0.15) is 0 Å². The van der Waals surface area contributed by atoms with E-state index in [1.54, 1.807) is 18.6 Å². The average molecular weight is 271 g/mol. The van der Waals surface area contributed by atoms with Gasteiger partial charge < -0.3 is 9.72 Å². The van der Waals surface area contributed by atoms with Crippen LogP contribution in [0.15, 0.2) is 30.7 Å². The zero-order valence-corrected chi connectivity index (χ0v) is 10.9.